The van der Waals surface area contributed by atoms with Crippen LogP contribution in [0.1, 0.15) is 86.5 Å². The number of hydrogen-bond acceptors (Lipinski definition) is 5. The fraction of sp³-hybridized carbons (Fsp3) is 0.378. The molecule has 0 radical (unpaired) electrons. The summed E-state index contributed by atoms with van der Waals surface area (Å²) < 4.78 is 11.9. The third kappa shape index (κ3) is 6.25. The van der Waals surface area contributed by atoms with E-state index >= 15 is 0 Å². The quantitative estimate of drug-likeness (QED) is 0.201. The lowest BCUT2D eigenvalue weighted by Crippen LogP contribution is -2.34. The van der Waals surface area contributed by atoms with Gasteiger partial charge in [-0.15, -0.1) is 0 Å². The van der Waals surface area contributed by atoms with Gasteiger partial charge in [0.1, 0.15) is 0 Å². The Hall–Kier alpha value is -3.99. The average molecular weight is 561 g/mol. The van der Waals surface area contributed by atoms with Gasteiger partial charge in [-0.1, -0.05) is 111 Å². The largest absolute Gasteiger partial charge is 0.522 e. The summed E-state index contributed by atoms with van der Waals surface area (Å²) in [6.45, 7) is 0. The molecule has 2 fully saturated rings. The Kier molecular flexibility index (Phi) is 8.64. The lowest BCUT2D eigenvalue weighted by Gasteiger charge is -2.39. The average Bonchev–Trinajstić information content (AvgIpc) is 3.03. The second-order valence-corrected chi connectivity index (χ2v) is 12.2. The first-order valence-electron chi connectivity index (χ1n) is 15.5. The van der Waals surface area contributed by atoms with Crippen LogP contribution in [0.15, 0.2) is 97.3 Å². The number of nitrogens with zero attached hydrogens (tertiary/aromatic N) is 2. The smallest absolute Gasteiger partial charge is 0.375 e. The molecule has 0 atom stereocenters. The molecule has 5 heteroatoms. The predicted octanol–water partition coefficient (Wildman–Crippen LogP) is 8.94. The van der Waals surface area contributed by atoms with Crippen molar-refractivity contribution in [1.29, 1.82) is 0 Å². The molecule has 0 saturated heterocycles. The van der Waals surface area contributed by atoms with E-state index in [4.69, 9.17) is 9.47 Å². The minimum atomic E-state index is -0.786. The minimum absolute atomic E-state index is 0.137. The second-order valence-electron chi connectivity index (χ2n) is 12.2. The van der Waals surface area contributed by atoms with Crippen molar-refractivity contribution < 1.29 is 14.3 Å². The van der Waals surface area contributed by atoms with E-state index in [-0.39, 0.29) is 10.8 Å². The van der Waals surface area contributed by atoms with Crippen molar-refractivity contribution in [2.24, 2.45) is 0 Å². The summed E-state index contributed by atoms with van der Waals surface area (Å²) in [5.41, 5.74) is 4.26. The highest BCUT2D eigenvalue weighted by atomic mass is 16.7. The van der Waals surface area contributed by atoms with Gasteiger partial charge in [-0.25, -0.2) is 14.8 Å². The molecule has 5 nitrogen and oxygen atoms in total. The number of carbonyl (C=O) groups excluding carboxylic acids is 1. The van der Waals surface area contributed by atoms with Crippen molar-refractivity contribution in [2.75, 3.05) is 0 Å². The monoisotopic (exact) mass is 560 g/mol. The van der Waals surface area contributed by atoms with Crippen molar-refractivity contribution in [2.45, 2.75) is 87.9 Å². The van der Waals surface area contributed by atoms with E-state index in [1.54, 1.807) is 12.4 Å². The summed E-state index contributed by atoms with van der Waals surface area (Å²) in [4.78, 5) is 22.6. The first-order chi connectivity index (χ1) is 20.7. The first kappa shape index (κ1) is 28.1. The predicted molar refractivity (Wildman–Crippen MR) is 165 cm³/mol. The van der Waals surface area contributed by atoms with Crippen molar-refractivity contribution in [3.8, 4) is 11.8 Å². The maximum Gasteiger partial charge on any atom is 0.522 e. The van der Waals surface area contributed by atoms with Crippen LogP contribution in [0.2, 0.25) is 0 Å². The lowest BCUT2D eigenvalue weighted by atomic mass is 9.66. The van der Waals surface area contributed by atoms with Gasteiger partial charge in [0.15, 0.2) is 0 Å². The Balaban J connectivity index is 1.27. The molecule has 4 aromatic rings. The number of benzene rings is 2. The van der Waals surface area contributed by atoms with Crippen LogP contribution < -0.4 is 9.47 Å². The van der Waals surface area contributed by atoms with Gasteiger partial charge in [-0.2, -0.15) is 0 Å². The van der Waals surface area contributed by atoms with Crippen LogP contribution in [-0.2, 0) is 23.7 Å². The molecule has 0 N–H and O–H groups in total. The van der Waals surface area contributed by atoms with Crippen LogP contribution in [0.4, 0.5) is 4.79 Å². The fourth-order valence-corrected chi connectivity index (χ4v) is 7.44. The zero-order valence-electron chi connectivity index (χ0n) is 24.3. The Morgan fingerprint density at radius 1 is 0.548 bits per heavy atom. The van der Waals surface area contributed by atoms with Crippen LogP contribution in [-0.4, -0.2) is 16.1 Å². The molecular formula is C37H40N2O3. The van der Waals surface area contributed by atoms with E-state index in [1.807, 2.05) is 12.1 Å². The number of hydrogen-bond donors (Lipinski definition) is 0. The van der Waals surface area contributed by atoms with Crippen LogP contribution >= 0.6 is 0 Å². The Morgan fingerprint density at radius 2 is 0.952 bits per heavy atom. The third-order valence-electron chi connectivity index (χ3n) is 9.44. The van der Waals surface area contributed by atoms with E-state index in [2.05, 4.69) is 82.8 Å². The molecule has 0 amide bonds. The van der Waals surface area contributed by atoms with Crippen LogP contribution in [0.25, 0.3) is 0 Å². The number of pyridine rings is 2. The van der Waals surface area contributed by atoms with Gasteiger partial charge in [0.05, 0.1) is 0 Å². The molecular weight excluding hydrogens is 520 g/mol. The first-order valence-corrected chi connectivity index (χ1v) is 15.5. The van der Waals surface area contributed by atoms with Gasteiger partial charge in [0, 0.05) is 34.4 Å². The number of aromatic nitrogens is 2. The molecule has 2 aliphatic carbocycles. The maximum atomic E-state index is 13.5. The Morgan fingerprint density at radius 3 is 1.36 bits per heavy atom. The van der Waals surface area contributed by atoms with E-state index in [0.29, 0.717) is 11.8 Å². The summed E-state index contributed by atoms with van der Waals surface area (Å²) in [5.74, 6) is 0.684. The summed E-state index contributed by atoms with van der Waals surface area (Å²) in [7, 11) is 0. The zero-order valence-corrected chi connectivity index (χ0v) is 24.3. The molecule has 2 aliphatic rings. The van der Waals surface area contributed by atoms with Crippen LogP contribution in [0.5, 0.6) is 11.8 Å². The normalized spacial score (nSPS) is 17.7. The van der Waals surface area contributed by atoms with E-state index in [1.165, 1.54) is 24.0 Å². The number of ether oxygens (including phenoxy) is 2. The molecule has 2 heterocycles. The molecule has 0 spiro atoms. The molecule has 2 saturated carbocycles. The Bertz CT molecular complexity index is 1350. The standard InChI is InChI=1S/C37H40N2O3/c40-35(41-33-31(19-13-25-38-33)36(21-9-3-10-22-36)27-29-15-5-1-6-16-29)42-34-32(20-14-26-39-34)37(23-11-4-12-24-37)28-30-17-7-2-8-18-30/h1-2,5-8,13-20,25-26H,3-4,9-12,21-24,27-28H2. The highest BCUT2D eigenvalue weighted by Gasteiger charge is 2.39. The van der Waals surface area contributed by atoms with Crippen LogP contribution in [0, 0.1) is 0 Å². The highest BCUT2D eigenvalue weighted by molar-refractivity contribution is 5.67. The Labute approximate surface area is 249 Å². The summed E-state index contributed by atoms with van der Waals surface area (Å²) in [6.07, 6.45) is 15.5. The summed E-state index contributed by atoms with van der Waals surface area (Å²) >= 11 is 0. The van der Waals surface area contributed by atoms with Crippen LogP contribution in [0.3, 0.4) is 0 Å². The lowest BCUT2D eigenvalue weighted by molar-refractivity contribution is 0.144. The molecule has 0 bridgehead atoms. The topological polar surface area (TPSA) is 61.3 Å². The number of carbonyl (C=O) groups is 1. The molecule has 0 unspecified atom stereocenters. The third-order valence-corrected chi connectivity index (χ3v) is 9.44. The molecule has 0 aliphatic heterocycles. The second kappa shape index (κ2) is 12.9. The summed E-state index contributed by atoms with van der Waals surface area (Å²) in [6, 6.07) is 29.2. The fourth-order valence-electron chi connectivity index (χ4n) is 7.44. The van der Waals surface area contributed by atoms with Crippen molar-refractivity contribution >= 4 is 6.16 Å². The van der Waals surface area contributed by atoms with E-state index in [0.717, 1.165) is 75.3 Å². The molecule has 6 rings (SSSR count). The molecule has 2 aromatic heterocycles. The molecule has 216 valence electrons. The van der Waals surface area contributed by atoms with Gasteiger partial charge in [0.25, 0.3) is 0 Å². The van der Waals surface area contributed by atoms with E-state index in [9.17, 15) is 4.79 Å². The van der Waals surface area contributed by atoms with Gasteiger partial charge in [-0.3, -0.25) is 0 Å². The van der Waals surface area contributed by atoms with Gasteiger partial charge in [0.2, 0.25) is 11.8 Å². The molecule has 2 aromatic carbocycles. The number of rotatable bonds is 8. The van der Waals surface area contributed by atoms with Crippen molar-refractivity contribution in [3.05, 3.63) is 120 Å². The summed E-state index contributed by atoms with van der Waals surface area (Å²) in [5, 5.41) is 0. The van der Waals surface area contributed by atoms with Gasteiger partial charge < -0.3 is 9.47 Å². The van der Waals surface area contributed by atoms with Crippen molar-refractivity contribution in [1.82, 2.24) is 9.97 Å². The van der Waals surface area contributed by atoms with Crippen molar-refractivity contribution in [3.63, 3.8) is 0 Å². The van der Waals surface area contributed by atoms with Gasteiger partial charge in [-0.05, 0) is 61.8 Å². The van der Waals surface area contributed by atoms with Gasteiger partial charge >= 0.3 is 6.16 Å². The zero-order chi connectivity index (χ0) is 28.7. The minimum Gasteiger partial charge on any atom is -0.375 e. The SMILES string of the molecule is O=C(Oc1ncccc1C1(Cc2ccccc2)CCCCC1)Oc1ncccc1C1(Cc2ccccc2)CCCCC1. The maximum absolute atomic E-state index is 13.5. The molecule has 42 heavy (non-hydrogen) atoms. The highest BCUT2D eigenvalue weighted by Crippen LogP contribution is 2.46. The van der Waals surface area contributed by atoms with E-state index < -0.39 is 6.16 Å².